The molecule has 104 valence electrons. The quantitative estimate of drug-likeness (QED) is 0.863. The number of aromatic carboxylic acids is 1. The number of aliphatic hydroxyl groups is 1. The van der Waals surface area contributed by atoms with Crippen LogP contribution in [0.3, 0.4) is 0 Å². The number of aromatic nitrogens is 1. The number of pyridine rings is 1. The number of aryl methyl sites for hydroxylation is 1. The first kappa shape index (κ1) is 13.8. The highest BCUT2D eigenvalue weighted by atomic mass is 16.4. The van der Waals surface area contributed by atoms with Crippen LogP contribution in [0.1, 0.15) is 36.3 Å². The van der Waals surface area contributed by atoms with Crippen LogP contribution in [0, 0.1) is 5.92 Å². The van der Waals surface area contributed by atoms with Crippen LogP contribution >= 0.6 is 0 Å². The number of nitrogens with zero attached hydrogens (tertiary/aromatic N) is 2. The van der Waals surface area contributed by atoms with Crippen molar-refractivity contribution in [2.24, 2.45) is 5.92 Å². The Bertz CT molecular complexity index is 476. The standard InChI is InChI=1S/C14H20N2O3/c1-3-11-6-10(14(18)19)7-13(15-11)16-5-4-9(2)12(16)8-17/h6-7,9,12,17H,3-5,8H2,1-2H3,(H,18,19). The molecule has 0 amide bonds. The number of aliphatic hydroxyl groups excluding tert-OH is 1. The summed E-state index contributed by atoms with van der Waals surface area (Å²) >= 11 is 0. The molecular formula is C14H20N2O3. The average Bonchev–Trinajstić information content (AvgIpc) is 2.79. The summed E-state index contributed by atoms with van der Waals surface area (Å²) in [5, 5.41) is 18.6. The minimum absolute atomic E-state index is 0.0289. The summed E-state index contributed by atoms with van der Waals surface area (Å²) in [6.07, 6.45) is 1.69. The van der Waals surface area contributed by atoms with Crippen LogP contribution in [-0.2, 0) is 6.42 Å². The van der Waals surface area contributed by atoms with Gasteiger partial charge in [-0.25, -0.2) is 9.78 Å². The number of rotatable bonds is 4. The highest BCUT2D eigenvalue weighted by Gasteiger charge is 2.31. The third-order valence-corrected chi connectivity index (χ3v) is 3.84. The lowest BCUT2D eigenvalue weighted by molar-refractivity contribution is 0.0696. The second kappa shape index (κ2) is 5.57. The summed E-state index contributed by atoms with van der Waals surface area (Å²) in [4.78, 5) is 17.7. The number of carboxylic acid groups (broad SMARTS) is 1. The number of carbonyl (C=O) groups is 1. The molecule has 1 aromatic rings. The fourth-order valence-corrected chi connectivity index (χ4v) is 2.59. The Balaban J connectivity index is 2.38. The summed E-state index contributed by atoms with van der Waals surface area (Å²) in [6.45, 7) is 4.93. The zero-order valence-electron chi connectivity index (χ0n) is 11.3. The number of hydrogen-bond acceptors (Lipinski definition) is 4. The van der Waals surface area contributed by atoms with E-state index in [-0.39, 0.29) is 18.2 Å². The lowest BCUT2D eigenvalue weighted by atomic mass is 10.0. The fraction of sp³-hybridized carbons (Fsp3) is 0.571. The van der Waals surface area contributed by atoms with Crippen molar-refractivity contribution < 1.29 is 15.0 Å². The fourth-order valence-electron chi connectivity index (χ4n) is 2.59. The van der Waals surface area contributed by atoms with E-state index in [4.69, 9.17) is 5.11 Å². The van der Waals surface area contributed by atoms with Gasteiger partial charge < -0.3 is 15.1 Å². The van der Waals surface area contributed by atoms with Crippen molar-refractivity contribution in [2.75, 3.05) is 18.1 Å². The predicted molar refractivity (Wildman–Crippen MR) is 72.6 cm³/mol. The van der Waals surface area contributed by atoms with Crippen molar-refractivity contribution in [3.8, 4) is 0 Å². The first-order valence-electron chi connectivity index (χ1n) is 6.68. The SMILES string of the molecule is CCc1cc(C(=O)O)cc(N2CCC(C)C2CO)n1. The van der Waals surface area contributed by atoms with Crippen molar-refractivity contribution in [3.63, 3.8) is 0 Å². The Hall–Kier alpha value is -1.62. The normalized spacial score (nSPS) is 22.8. The van der Waals surface area contributed by atoms with E-state index < -0.39 is 5.97 Å². The van der Waals surface area contributed by atoms with E-state index in [0.717, 1.165) is 18.7 Å². The van der Waals surface area contributed by atoms with E-state index in [1.807, 2.05) is 11.8 Å². The molecule has 0 spiro atoms. The highest BCUT2D eigenvalue weighted by molar-refractivity contribution is 5.88. The molecule has 2 unspecified atom stereocenters. The minimum atomic E-state index is -0.939. The van der Waals surface area contributed by atoms with Crippen molar-refractivity contribution in [1.82, 2.24) is 4.98 Å². The van der Waals surface area contributed by atoms with Gasteiger partial charge in [-0.3, -0.25) is 0 Å². The molecule has 0 bridgehead atoms. The Kier molecular flexibility index (Phi) is 4.04. The minimum Gasteiger partial charge on any atom is -0.478 e. The van der Waals surface area contributed by atoms with Gasteiger partial charge in [-0.15, -0.1) is 0 Å². The van der Waals surface area contributed by atoms with Crippen molar-refractivity contribution in [1.29, 1.82) is 0 Å². The first-order chi connectivity index (χ1) is 9.06. The summed E-state index contributed by atoms with van der Waals surface area (Å²) < 4.78 is 0. The molecular weight excluding hydrogens is 244 g/mol. The van der Waals surface area contributed by atoms with E-state index in [1.165, 1.54) is 0 Å². The molecule has 0 radical (unpaired) electrons. The van der Waals surface area contributed by atoms with Crippen LogP contribution < -0.4 is 4.90 Å². The van der Waals surface area contributed by atoms with Crippen LogP contribution in [0.25, 0.3) is 0 Å². The van der Waals surface area contributed by atoms with Crippen LogP contribution in [0.15, 0.2) is 12.1 Å². The lowest BCUT2D eigenvalue weighted by Crippen LogP contribution is -2.36. The Morgan fingerprint density at radius 2 is 2.26 bits per heavy atom. The number of carboxylic acids is 1. The zero-order chi connectivity index (χ0) is 14.0. The van der Waals surface area contributed by atoms with Gasteiger partial charge in [0.1, 0.15) is 5.82 Å². The van der Waals surface area contributed by atoms with Gasteiger partial charge in [-0.2, -0.15) is 0 Å². The molecule has 1 aliphatic heterocycles. The van der Waals surface area contributed by atoms with Gasteiger partial charge in [0.05, 0.1) is 18.2 Å². The third-order valence-electron chi connectivity index (χ3n) is 3.84. The molecule has 2 heterocycles. The van der Waals surface area contributed by atoms with Crippen LogP contribution in [-0.4, -0.2) is 40.4 Å². The summed E-state index contributed by atoms with van der Waals surface area (Å²) in [6, 6.07) is 3.24. The van der Waals surface area contributed by atoms with Gasteiger partial charge in [0.15, 0.2) is 0 Å². The van der Waals surface area contributed by atoms with Gasteiger partial charge in [-0.05, 0) is 30.9 Å². The molecule has 5 nitrogen and oxygen atoms in total. The molecule has 2 atom stereocenters. The molecule has 2 rings (SSSR count). The molecule has 0 saturated carbocycles. The number of hydrogen-bond donors (Lipinski definition) is 2. The van der Waals surface area contributed by atoms with E-state index >= 15 is 0 Å². The average molecular weight is 264 g/mol. The maximum Gasteiger partial charge on any atom is 0.335 e. The largest absolute Gasteiger partial charge is 0.478 e. The zero-order valence-corrected chi connectivity index (χ0v) is 11.3. The molecule has 19 heavy (non-hydrogen) atoms. The van der Waals surface area contributed by atoms with Crippen LogP contribution in [0.5, 0.6) is 0 Å². The molecule has 0 aromatic carbocycles. The second-order valence-corrected chi connectivity index (χ2v) is 5.07. The van der Waals surface area contributed by atoms with Gasteiger partial charge in [0, 0.05) is 12.2 Å². The maximum atomic E-state index is 11.2. The monoisotopic (exact) mass is 264 g/mol. The topological polar surface area (TPSA) is 73.7 Å². The van der Waals surface area contributed by atoms with Crippen LogP contribution in [0.2, 0.25) is 0 Å². The van der Waals surface area contributed by atoms with Gasteiger partial charge in [0.25, 0.3) is 0 Å². The van der Waals surface area contributed by atoms with E-state index in [9.17, 15) is 9.90 Å². The summed E-state index contributed by atoms with van der Waals surface area (Å²) in [5.41, 5.74) is 1.03. The van der Waals surface area contributed by atoms with Crippen molar-refractivity contribution in [2.45, 2.75) is 32.7 Å². The van der Waals surface area contributed by atoms with E-state index in [0.29, 0.717) is 18.2 Å². The molecule has 1 saturated heterocycles. The molecule has 1 fully saturated rings. The Morgan fingerprint density at radius 3 is 2.84 bits per heavy atom. The molecule has 0 aliphatic carbocycles. The van der Waals surface area contributed by atoms with Crippen molar-refractivity contribution >= 4 is 11.8 Å². The smallest absolute Gasteiger partial charge is 0.335 e. The summed E-state index contributed by atoms with van der Waals surface area (Å²) in [5.74, 6) is 0.122. The number of anilines is 1. The van der Waals surface area contributed by atoms with Crippen molar-refractivity contribution in [3.05, 3.63) is 23.4 Å². The highest BCUT2D eigenvalue weighted by Crippen LogP contribution is 2.29. The first-order valence-corrected chi connectivity index (χ1v) is 6.68. The van der Waals surface area contributed by atoms with Gasteiger partial charge in [0.2, 0.25) is 0 Å². The molecule has 2 N–H and O–H groups in total. The molecule has 1 aliphatic rings. The van der Waals surface area contributed by atoms with Gasteiger partial charge >= 0.3 is 5.97 Å². The predicted octanol–water partition coefficient (Wildman–Crippen LogP) is 1.55. The van der Waals surface area contributed by atoms with Crippen LogP contribution in [0.4, 0.5) is 5.82 Å². The van der Waals surface area contributed by atoms with Gasteiger partial charge in [-0.1, -0.05) is 13.8 Å². The Morgan fingerprint density at radius 1 is 1.53 bits per heavy atom. The summed E-state index contributed by atoms with van der Waals surface area (Å²) in [7, 11) is 0. The second-order valence-electron chi connectivity index (χ2n) is 5.07. The third kappa shape index (κ3) is 2.71. The van der Waals surface area contributed by atoms with E-state index in [1.54, 1.807) is 12.1 Å². The van der Waals surface area contributed by atoms with E-state index in [2.05, 4.69) is 11.9 Å². The molecule has 1 aromatic heterocycles. The maximum absolute atomic E-state index is 11.2. The molecule has 5 heteroatoms. The Labute approximate surface area is 112 Å². The lowest BCUT2D eigenvalue weighted by Gasteiger charge is -2.26.